The monoisotopic (exact) mass is 317 g/mol. The van der Waals surface area contributed by atoms with Crippen LogP contribution >= 0.6 is 0 Å². The number of rotatable bonds is 1. The molecule has 1 atom stereocenters. The second-order valence-electron chi connectivity index (χ2n) is 5.95. The normalized spacial score (nSPS) is 19.0. The summed E-state index contributed by atoms with van der Waals surface area (Å²) in [6.07, 6.45) is 5.32. The minimum atomic E-state index is -2.26. The summed E-state index contributed by atoms with van der Waals surface area (Å²) in [5.41, 5.74) is 3.05. The fraction of sp³-hybridized carbons (Fsp3) is 0.150. The first-order chi connectivity index (χ1) is 12.9. The zero-order valence-electron chi connectivity index (χ0n) is 16.0. The van der Waals surface area contributed by atoms with Gasteiger partial charge in [0, 0.05) is 20.6 Å². The van der Waals surface area contributed by atoms with Crippen molar-refractivity contribution in [2.75, 3.05) is 0 Å². The Labute approximate surface area is 143 Å². The number of pyridine rings is 2. The first-order valence-corrected chi connectivity index (χ1v) is 7.83. The van der Waals surface area contributed by atoms with Crippen molar-refractivity contribution in [2.45, 2.75) is 19.8 Å². The van der Waals surface area contributed by atoms with E-state index in [9.17, 15) is 0 Å². The highest BCUT2D eigenvalue weighted by Gasteiger charge is 2.33. The van der Waals surface area contributed by atoms with Gasteiger partial charge in [-0.15, -0.1) is 0 Å². The summed E-state index contributed by atoms with van der Waals surface area (Å²) in [7, 11) is 0. The Balaban J connectivity index is 1.73. The number of aryl methyl sites for hydroxylation is 1. The van der Waals surface area contributed by atoms with E-state index in [1.165, 1.54) is 0 Å². The molecule has 0 radical (unpaired) electrons. The van der Waals surface area contributed by atoms with Crippen LogP contribution in [0.1, 0.15) is 28.5 Å². The van der Waals surface area contributed by atoms with Gasteiger partial charge in [0.2, 0.25) is 5.71 Å². The van der Waals surface area contributed by atoms with Gasteiger partial charge >= 0.3 is 6.34 Å². The molecule has 1 aliphatic rings. The van der Waals surface area contributed by atoms with E-state index in [1.54, 1.807) is 12.1 Å². The Bertz CT molecular complexity index is 1240. The van der Waals surface area contributed by atoms with E-state index in [1.807, 2.05) is 45.7 Å². The van der Waals surface area contributed by atoms with Crippen LogP contribution in [0.15, 0.2) is 59.1 Å². The Morgan fingerprint density at radius 1 is 1.12 bits per heavy atom. The maximum atomic E-state index is 7.57. The number of hydrogen-bond acceptors (Lipinski definition) is 2. The van der Waals surface area contributed by atoms with Crippen molar-refractivity contribution in [3.05, 3.63) is 66.1 Å². The largest absolute Gasteiger partial charge is 0.465 e. The standard InChI is InChI=1S/C20H16N3O/c1-13-9-10-16-15-6-5-8-18(19(15)24-20(16)21-13)23-12-22-11-4-3-7-17(22)14(23)2/h3-11,14H,1-2H3/q+1/i1D3. The number of hydrogen-bond donors (Lipinski definition) is 0. The van der Waals surface area contributed by atoms with Gasteiger partial charge in [-0.2, -0.15) is 0 Å². The average Bonchev–Trinajstić information content (AvgIpc) is 3.18. The molecular formula is C20H16N3O+. The van der Waals surface area contributed by atoms with Gasteiger partial charge in [0.25, 0.3) is 0 Å². The molecule has 0 aliphatic carbocycles. The second kappa shape index (κ2) is 4.74. The lowest BCUT2D eigenvalue weighted by Crippen LogP contribution is -2.33. The maximum Gasteiger partial charge on any atom is 0.465 e. The number of nitrogens with zero attached hydrogens (tertiary/aromatic N) is 3. The molecule has 0 amide bonds. The molecule has 0 fully saturated rings. The average molecular weight is 317 g/mol. The van der Waals surface area contributed by atoms with E-state index >= 15 is 0 Å². The maximum absolute atomic E-state index is 7.57. The minimum Gasteiger partial charge on any atom is -0.441 e. The summed E-state index contributed by atoms with van der Waals surface area (Å²) in [5.74, 6) is 0. The van der Waals surface area contributed by atoms with E-state index in [-0.39, 0.29) is 11.7 Å². The van der Waals surface area contributed by atoms with Gasteiger partial charge in [0.05, 0.1) is 0 Å². The van der Waals surface area contributed by atoms with Crippen LogP contribution in [0.3, 0.4) is 0 Å². The highest BCUT2D eigenvalue weighted by atomic mass is 16.3. The van der Waals surface area contributed by atoms with Crippen molar-refractivity contribution in [2.24, 2.45) is 0 Å². The Morgan fingerprint density at radius 2 is 2.08 bits per heavy atom. The number of fused-ring (bicyclic) bond motifs is 4. The Kier molecular flexibility index (Phi) is 2.12. The van der Waals surface area contributed by atoms with Crippen LogP contribution < -0.4 is 4.57 Å². The molecule has 0 saturated heterocycles. The third-order valence-electron chi connectivity index (χ3n) is 4.53. The molecule has 0 bridgehead atoms. The summed E-state index contributed by atoms with van der Waals surface area (Å²) in [6, 6.07) is 15.4. The lowest BCUT2D eigenvalue weighted by molar-refractivity contribution is -0.564. The zero-order valence-corrected chi connectivity index (χ0v) is 13.0. The topological polar surface area (TPSA) is 32.9 Å². The van der Waals surface area contributed by atoms with Crippen LogP contribution in [-0.4, -0.2) is 15.9 Å². The quantitative estimate of drug-likeness (QED) is 0.396. The van der Waals surface area contributed by atoms with Crippen molar-refractivity contribution in [1.29, 1.82) is 0 Å². The zero-order chi connectivity index (χ0) is 18.8. The molecule has 24 heavy (non-hydrogen) atoms. The van der Waals surface area contributed by atoms with Crippen molar-refractivity contribution in [3.63, 3.8) is 0 Å². The molecule has 0 N–H and O–H groups in total. The summed E-state index contributed by atoms with van der Waals surface area (Å²) in [6.45, 7) is -0.155. The Morgan fingerprint density at radius 3 is 2.96 bits per heavy atom. The van der Waals surface area contributed by atoms with E-state index in [0.29, 0.717) is 11.3 Å². The van der Waals surface area contributed by atoms with Crippen LogP contribution in [0.25, 0.3) is 22.1 Å². The molecule has 5 rings (SSSR count). The number of para-hydroxylation sites is 1. The lowest BCUT2D eigenvalue weighted by atomic mass is 10.1. The minimum absolute atomic E-state index is 0.0335. The second-order valence-corrected chi connectivity index (χ2v) is 5.95. The van der Waals surface area contributed by atoms with Gasteiger partial charge in [-0.3, -0.25) is 0 Å². The molecule has 1 unspecified atom stereocenters. The van der Waals surface area contributed by atoms with E-state index < -0.39 is 6.85 Å². The third kappa shape index (κ3) is 1.77. The van der Waals surface area contributed by atoms with Crippen molar-refractivity contribution >= 4 is 34.1 Å². The SMILES string of the molecule is [2H]C([2H])([2H])c1ccc2c(n1)oc1c([N+]3=[C-][n+]4ccccc4C3C)cccc12. The molecular weight excluding hydrogens is 298 g/mol. The predicted molar refractivity (Wildman–Crippen MR) is 91.6 cm³/mol. The molecule has 4 nitrogen and oxygen atoms in total. The van der Waals surface area contributed by atoms with Crippen LogP contribution in [0.4, 0.5) is 5.69 Å². The summed E-state index contributed by atoms with van der Waals surface area (Å²) in [4.78, 5) is 4.24. The van der Waals surface area contributed by atoms with E-state index in [2.05, 4.69) is 24.3 Å². The molecule has 1 aromatic carbocycles. The molecule has 0 saturated carbocycles. The first kappa shape index (κ1) is 10.7. The third-order valence-corrected chi connectivity index (χ3v) is 4.53. The molecule has 4 aromatic rings. The van der Waals surface area contributed by atoms with Crippen LogP contribution in [-0.2, 0) is 0 Å². The summed E-state index contributed by atoms with van der Waals surface area (Å²) in [5, 5.41) is 1.71. The van der Waals surface area contributed by atoms with Gasteiger partial charge in [-0.05, 0) is 44.1 Å². The van der Waals surface area contributed by atoms with Crippen LogP contribution in [0.2, 0.25) is 0 Å². The number of benzene rings is 1. The molecule has 4 heteroatoms. The molecule has 3 aromatic heterocycles. The highest BCUT2D eigenvalue weighted by molar-refractivity contribution is 6.06. The fourth-order valence-corrected chi connectivity index (χ4v) is 3.34. The van der Waals surface area contributed by atoms with Gasteiger partial charge in [-0.1, -0.05) is 18.2 Å². The molecule has 0 spiro atoms. The smallest absolute Gasteiger partial charge is 0.441 e. The van der Waals surface area contributed by atoms with Crippen LogP contribution in [0, 0.1) is 6.85 Å². The summed E-state index contributed by atoms with van der Waals surface area (Å²) >= 11 is 0. The molecule has 1 aliphatic heterocycles. The van der Waals surface area contributed by atoms with E-state index in [4.69, 9.17) is 8.53 Å². The van der Waals surface area contributed by atoms with Gasteiger partial charge in [0.15, 0.2) is 23.0 Å². The van der Waals surface area contributed by atoms with Crippen molar-refractivity contribution < 1.29 is 17.7 Å². The molecule has 4 heterocycles. The Hall–Kier alpha value is -3.01. The van der Waals surface area contributed by atoms with Crippen molar-refractivity contribution in [3.8, 4) is 0 Å². The lowest BCUT2D eigenvalue weighted by Gasteiger charge is -2.06. The summed E-state index contributed by atoms with van der Waals surface area (Å²) < 4.78 is 32.7. The van der Waals surface area contributed by atoms with Gasteiger partial charge in [-0.25, -0.2) is 14.1 Å². The van der Waals surface area contributed by atoms with Gasteiger partial charge in [0.1, 0.15) is 6.20 Å². The first-order valence-electron chi connectivity index (χ1n) is 9.33. The predicted octanol–water partition coefficient (Wildman–Crippen LogP) is 3.75. The fourth-order valence-electron chi connectivity index (χ4n) is 3.34. The number of furan rings is 1. The number of aromatic nitrogens is 2. The molecule has 116 valence electrons. The van der Waals surface area contributed by atoms with Crippen LogP contribution in [0.5, 0.6) is 0 Å². The van der Waals surface area contributed by atoms with E-state index in [0.717, 1.165) is 22.2 Å². The van der Waals surface area contributed by atoms with Crippen molar-refractivity contribution in [1.82, 2.24) is 4.98 Å². The van der Waals surface area contributed by atoms with Gasteiger partial charge < -0.3 is 4.42 Å². The highest BCUT2D eigenvalue weighted by Crippen LogP contribution is 2.36.